The Bertz CT molecular complexity index is 333. The van der Waals surface area contributed by atoms with Crippen LogP contribution in [0.3, 0.4) is 0 Å². The van der Waals surface area contributed by atoms with Crippen LogP contribution in [0.4, 0.5) is 5.69 Å². The molecular weight excluding hydrogens is 212 g/mol. The van der Waals surface area contributed by atoms with E-state index >= 15 is 0 Å². The van der Waals surface area contributed by atoms with E-state index in [1.807, 2.05) is 13.0 Å². The number of aromatic nitrogens is 1. The number of pyridine rings is 1. The number of hydrogen-bond acceptors (Lipinski definition) is 3. The largest absolute Gasteiger partial charge is 0.476 e. The summed E-state index contributed by atoms with van der Waals surface area (Å²) >= 11 is 0. The van der Waals surface area contributed by atoms with Crippen molar-refractivity contribution >= 4 is 5.69 Å². The lowest BCUT2D eigenvalue weighted by molar-refractivity contribution is 0.328. The standard InChI is InChI=1S/C14H22N2O/c1-2-17-14-13(10-7-11-15-14)16-12-8-5-3-4-6-9-12/h7,10-12,16H,2-6,8-9H2,1H3. The van der Waals surface area contributed by atoms with Gasteiger partial charge < -0.3 is 10.1 Å². The van der Waals surface area contributed by atoms with Crippen LogP contribution in [-0.4, -0.2) is 17.6 Å². The van der Waals surface area contributed by atoms with Crippen LogP contribution in [-0.2, 0) is 0 Å². The van der Waals surface area contributed by atoms with Crippen LogP contribution >= 0.6 is 0 Å². The lowest BCUT2D eigenvalue weighted by Gasteiger charge is -2.19. The molecule has 1 aliphatic rings. The molecule has 3 heteroatoms. The molecule has 1 aliphatic carbocycles. The Balaban J connectivity index is 2.00. The molecule has 2 rings (SSSR count). The van der Waals surface area contributed by atoms with Gasteiger partial charge >= 0.3 is 0 Å². The van der Waals surface area contributed by atoms with Crippen LogP contribution in [0.2, 0.25) is 0 Å². The number of hydrogen-bond donors (Lipinski definition) is 1. The van der Waals surface area contributed by atoms with Crippen molar-refractivity contribution in [2.24, 2.45) is 0 Å². The topological polar surface area (TPSA) is 34.1 Å². The summed E-state index contributed by atoms with van der Waals surface area (Å²) < 4.78 is 5.54. The van der Waals surface area contributed by atoms with Crippen LogP contribution < -0.4 is 10.1 Å². The van der Waals surface area contributed by atoms with Gasteiger partial charge in [-0.1, -0.05) is 25.7 Å². The molecular formula is C14H22N2O. The maximum atomic E-state index is 5.54. The van der Waals surface area contributed by atoms with Gasteiger partial charge in [-0.25, -0.2) is 4.98 Å². The number of rotatable bonds is 4. The van der Waals surface area contributed by atoms with Crippen LogP contribution in [0.25, 0.3) is 0 Å². The van der Waals surface area contributed by atoms with Crippen molar-refractivity contribution in [1.29, 1.82) is 0 Å². The van der Waals surface area contributed by atoms with E-state index in [0.29, 0.717) is 12.6 Å². The third-order valence-corrected chi connectivity index (χ3v) is 3.27. The predicted molar refractivity (Wildman–Crippen MR) is 70.5 cm³/mol. The first-order valence-corrected chi connectivity index (χ1v) is 6.74. The van der Waals surface area contributed by atoms with E-state index in [2.05, 4.69) is 16.4 Å². The predicted octanol–water partition coefficient (Wildman–Crippen LogP) is 3.62. The second-order valence-corrected chi connectivity index (χ2v) is 4.62. The second kappa shape index (κ2) is 6.48. The minimum absolute atomic E-state index is 0.584. The van der Waals surface area contributed by atoms with Gasteiger partial charge in [0.2, 0.25) is 5.88 Å². The van der Waals surface area contributed by atoms with E-state index in [-0.39, 0.29) is 0 Å². The van der Waals surface area contributed by atoms with E-state index in [4.69, 9.17) is 4.74 Å². The first-order valence-electron chi connectivity index (χ1n) is 6.74. The molecule has 3 nitrogen and oxygen atoms in total. The van der Waals surface area contributed by atoms with Crippen LogP contribution in [0.15, 0.2) is 18.3 Å². The highest BCUT2D eigenvalue weighted by Crippen LogP contribution is 2.25. The SMILES string of the molecule is CCOc1ncccc1NC1CCCCCC1. The zero-order valence-corrected chi connectivity index (χ0v) is 10.6. The summed E-state index contributed by atoms with van der Waals surface area (Å²) in [5, 5.41) is 3.59. The molecule has 1 aromatic heterocycles. The van der Waals surface area contributed by atoms with Gasteiger partial charge in [0.25, 0.3) is 0 Å². The van der Waals surface area contributed by atoms with Crippen LogP contribution in [0.5, 0.6) is 5.88 Å². The van der Waals surface area contributed by atoms with Crippen molar-refractivity contribution in [2.75, 3.05) is 11.9 Å². The molecule has 17 heavy (non-hydrogen) atoms. The van der Waals surface area contributed by atoms with Gasteiger partial charge in [-0.3, -0.25) is 0 Å². The fraction of sp³-hybridized carbons (Fsp3) is 0.643. The third kappa shape index (κ3) is 3.62. The minimum atomic E-state index is 0.584. The van der Waals surface area contributed by atoms with E-state index in [9.17, 15) is 0 Å². The molecule has 1 saturated carbocycles. The number of anilines is 1. The Morgan fingerprint density at radius 3 is 2.76 bits per heavy atom. The van der Waals surface area contributed by atoms with Gasteiger partial charge in [0.05, 0.1) is 12.3 Å². The zero-order valence-electron chi connectivity index (χ0n) is 10.6. The zero-order chi connectivity index (χ0) is 11.9. The fourth-order valence-electron chi connectivity index (χ4n) is 2.40. The monoisotopic (exact) mass is 234 g/mol. The normalized spacial score (nSPS) is 17.5. The molecule has 0 amide bonds. The van der Waals surface area contributed by atoms with Crippen molar-refractivity contribution < 1.29 is 4.74 Å². The third-order valence-electron chi connectivity index (χ3n) is 3.27. The van der Waals surface area contributed by atoms with Crippen LogP contribution in [0, 0.1) is 0 Å². The quantitative estimate of drug-likeness (QED) is 0.808. The number of nitrogens with one attached hydrogen (secondary N) is 1. The maximum Gasteiger partial charge on any atom is 0.237 e. The van der Waals surface area contributed by atoms with Crippen LogP contribution in [0.1, 0.15) is 45.4 Å². The lowest BCUT2D eigenvalue weighted by atomic mass is 10.1. The summed E-state index contributed by atoms with van der Waals surface area (Å²) in [7, 11) is 0. The molecule has 0 radical (unpaired) electrons. The van der Waals surface area contributed by atoms with Gasteiger partial charge in [0, 0.05) is 12.2 Å². The summed E-state index contributed by atoms with van der Waals surface area (Å²) in [6.07, 6.45) is 9.74. The summed E-state index contributed by atoms with van der Waals surface area (Å²) in [6.45, 7) is 2.65. The average molecular weight is 234 g/mol. The maximum absolute atomic E-state index is 5.54. The first kappa shape index (κ1) is 12.2. The molecule has 0 unspecified atom stereocenters. The number of ether oxygens (including phenoxy) is 1. The first-order chi connectivity index (χ1) is 8.40. The fourth-order valence-corrected chi connectivity index (χ4v) is 2.40. The summed E-state index contributed by atoms with van der Waals surface area (Å²) in [4.78, 5) is 4.27. The van der Waals surface area contributed by atoms with Crippen molar-refractivity contribution in [3.63, 3.8) is 0 Å². The minimum Gasteiger partial charge on any atom is -0.476 e. The molecule has 1 N–H and O–H groups in total. The van der Waals surface area contributed by atoms with Crippen molar-refractivity contribution in [1.82, 2.24) is 4.98 Å². The van der Waals surface area contributed by atoms with Gasteiger partial charge in [0.1, 0.15) is 0 Å². The molecule has 1 fully saturated rings. The molecule has 0 atom stereocenters. The van der Waals surface area contributed by atoms with Gasteiger partial charge in [-0.2, -0.15) is 0 Å². The molecule has 0 aromatic carbocycles. The Hall–Kier alpha value is -1.25. The van der Waals surface area contributed by atoms with E-state index < -0.39 is 0 Å². The van der Waals surface area contributed by atoms with Gasteiger partial charge in [0.15, 0.2) is 0 Å². The molecule has 1 aromatic rings. The van der Waals surface area contributed by atoms with Crippen molar-refractivity contribution in [2.45, 2.75) is 51.5 Å². The van der Waals surface area contributed by atoms with Crippen molar-refractivity contribution in [3.05, 3.63) is 18.3 Å². The Labute approximate surface area is 104 Å². The Morgan fingerprint density at radius 1 is 1.29 bits per heavy atom. The van der Waals surface area contributed by atoms with Gasteiger partial charge in [-0.05, 0) is 31.9 Å². The average Bonchev–Trinajstić information content (AvgIpc) is 2.61. The number of nitrogens with zero attached hydrogens (tertiary/aromatic N) is 1. The highest BCUT2D eigenvalue weighted by atomic mass is 16.5. The Morgan fingerprint density at radius 2 is 2.06 bits per heavy atom. The molecule has 0 aliphatic heterocycles. The van der Waals surface area contributed by atoms with E-state index in [1.165, 1.54) is 38.5 Å². The lowest BCUT2D eigenvalue weighted by Crippen LogP contribution is -2.19. The highest BCUT2D eigenvalue weighted by molar-refractivity contribution is 5.52. The molecule has 0 spiro atoms. The van der Waals surface area contributed by atoms with E-state index in [0.717, 1.165) is 11.6 Å². The molecule has 1 heterocycles. The summed E-state index contributed by atoms with van der Waals surface area (Å²) in [5.41, 5.74) is 1.04. The van der Waals surface area contributed by atoms with Crippen molar-refractivity contribution in [3.8, 4) is 5.88 Å². The van der Waals surface area contributed by atoms with E-state index in [1.54, 1.807) is 6.20 Å². The molecule has 0 bridgehead atoms. The summed E-state index contributed by atoms with van der Waals surface area (Å²) in [5.74, 6) is 0.735. The molecule has 0 saturated heterocycles. The molecule has 94 valence electrons. The Kier molecular flexibility index (Phi) is 4.65. The van der Waals surface area contributed by atoms with Gasteiger partial charge in [-0.15, -0.1) is 0 Å². The summed E-state index contributed by atoms with van der Waals surface area (Å²) in [6, 6.07) is 4.60. The highest BCUT2D eigenvalue weighted by Gasteiger charge is 2.14. The smallest absolute Gasteiger partial charge is 0.237 e. The second-order valence-electron chi connectivity index (χ2n) is 4.62.